The number of fused-ring (bicyclic) bond motifs is 4. The van der Waals surface area contributed by atoms with Crippen LogP contribution >= 0.6 is 23.2 Å². The van der Waals surface area contributed by atoms with Crippen LogP contribution in [0.1, 0.15) is 35.4 Å². The number of aromatic hydroxyl groups is 1. The normalized spacial score (nSPS) is 27.4. The Morgan fingerprint density at radius 2 is 1.31 bits per heavy atom. The van der Waals surface area contributed by atoms with E-state index >= 15 is 0 Å². The van der Waals surface area contributed by atoms with Crippen LogP contribution in [0.25, 0.3) is 0 Å². The highest BCUT2D eigenvalue weighted by molar-refractivity contribution is 6.33. The Morgan fingerprint density at radius 3 is 1.87 bits per heavy atom. The van der Waals surface area contributed by atoms with Crippen molar-refractivity contribution in [1.29, 1.82) is 0 Å². The Kier molecular flexibility index (Phi) is 7.06. The zero-order valence-corrected chi connectivity index (χ0v) is 26.3. The quantitative estimate of drug-likeness (QED) is 0.261. The van der Waals surface area contributed by atoms with Crippen LogP contribution in [-0.2, 0) is 19.2 Å². The summed E-state index contributed by atoms with van der Waals surface area (Å²) in [4.78, 5) is 58.8. The number of methoxy groups -OCH3 is 1. The van der Waals surface area contributed by atoms with Crippen molar-refractivity contribution in [3.8, 4) is 11.5 Å². The van der Waals surface area contributed by atoms with E-state index in [1.807, 2.05) is 19.9 Å². The molecule has 4 amide bonds. The molecule has 4 aliphatic rings. The fourth-order valence-electron chi connectivity index (χ4n) is 7.80. The summed E-state index contributed by atoms with van der Waals surface area (Å²) >= 11 is 12.8. The molecule has 3 fully saturated rings. The van der Waals surface area contributed by atoms with Gasteiger partial charge in [-0.2, -0.15) is 0 Å². The molecule has 3 aromatic rings. The number of imide groups is 2. The van der Waals surface area contributed by atoms with Crippen LogP contribution < -0.4 is 14.5 Å². The van der Waals surface area contributed by atoms with Crippen LogP contribution in [0.2, 0.25) is 10.0 Å². The number of hydrogen-bond acceptors (Lipinski definition) is 6. The summed E-state index contributed by atoms with van der Waals surface area (Å²) < 4.78 is 5.30. The molecule has 6 atom stereocenters. The molecule has 2 aliphatic carbocycles. The van der Waals surface area contributed by atoms with Gasteiger partial charge in [0, 0.05) is 27.6 Å². The number of amides is 4. The maximum Gasteiger partial charge on any atom is 0.238 e. The van der Waals surface area contributed by atoms with Crippen LogP contribution in [-0.4, -0.2) is 35.8 Å². The molecule has 1 N–H and O–H groups in total. The molecule has 10 heteroatoms. The molecule has 2 saturated heterocycles. The third kappa shape index (κ3) is 4.41. The van der Waals surface area contributed by atoms with Gasteiger partial charge in [0.2, 0.25) is 23.6 Å². The van der Waals surface area contributed by atoms with E-state index in [-0.39, 0.29) is 29.9 Å². The van der Waals surface area contributed by atoms with E-state index in [0.717, 1.165) is 16.7 Å². The highest BCUT2D eigenvalue weighted by atomic mass is 35.5. The first-order valence-electron chi connectivity index (χ1n) is 14.9. The van der Waals surface area contributed by atoms with Gasteiger partial charge in [0.25, 0.3) is 0 Å². The Hall–Kier alpha value is -4.14. The predicted molar refractivity (Wildman–Crippen MR) is 170 cm³/mol. The van der Waals surface area contributed by atoms with Crippen LogP contribution in [0.5, 0.6) is 11.5 Å². The van der Waals surface area contributed by atoms with Gasteiger partial charge in [-0.1, -0.05) is 53.1 Å². The monoisotopic (exact) mass is 644 g/mol. The zero-order chi connectivity index (χ0) is 31.9. The van der Waals surface area contributed by atoms with Crippen LogP contribution in [0.4, 0.5) is 11.4 Å². The Morgan fingerprint density at radius 1 is 0.733 bits per heavy atom. The summed E-state index contributed by atoms with van der Waals surface area (Å²) in [5.41, 5.74) is 3.66. The Bertz CT molecular complexity index is 1850. The lowest BCUT2D eigenvalue weighted by atomic mass is 9.57. The number of nitrogens with zero attached hydrogens (tertiary/aromatic N) is 2. The standard InChI is InChI=1S/C35H30Cl2N2O6/c1-16-4-6-18(12-26(16)36)38-32(41)23-11-10-21-24(30(23)34(38)43)15-25-31(29(21)22-9-8-20(45-3)14-28(22)40)35(44)39(33(25)42)19-7-5-17(2)27(37)13-19/h4-10,12-14,23-25,29-31,40H,11,15H2,1-3H3. The molecular formula is C35H30Cl2N2O6. The van der Waals surface area contributed by atoms with Crippen molar-refractivity contribution in [3.63, 3.8) is 0 Å². The minimum atomic E-state index is -0.824. The van der Waals surface area contributed by atoms with Crippen LogP contribution in [0, 0.1) is 43.4 Å². The van der Waals surface area contributed by atoms with Gasteiger partial charge in [0.05, 0.1) is 42.2 Å². The number of carbonyl (C=O) groups excluding carboxylic acids is 4. The van der Waals surface area contributed by atoms with Crippen molar-refractivity contribution in [1.82, 2.24) is 0 Å². The number of hydrogen-bond donors (Lipinski definition) is 1. The SMILES string of the molecule is COc1ccc(C2C3=CCC4C(=O)N(c5ccc(C)c(Cl)c5)C(=O)C4C3CC3C(=O)N(c4ccc(C)c(Cl)c4)C(=O)C32)c(O)c1. The number of carbonyl (C=O) groups is 4. The molecule has 2 heterocycles. The van der Waals surface area contributed by atoms with E-state index < -0.39 is 41.4 Å². The van der Waals surface area contributed by atoms with Crippen LogP contribution in [0.3, 0.4) is 0 Å². The third-order valence-electron chi connectivity index (χ3n) is 10.0. The first kappa shape index (κ1) is 29.6. The lowest BCUT2D eigenvalue weighted by Gasteiger charge is -2.44. The fraction of sp³-hybridized carbons (Fsp3) is 0.314. The summed E-state index contributed by atoms with van der Waals surface area (Å²) in [5, 5.41) is 12.1. The minimum Gasteiger partial charge on any atom is -0.508 e. The molecule has 6 unspecified atom stereocenters. The van der Waals surface area contributed by atoms with Crippen molar-refractivity contribution in [2.45, 2.75) is 32.6 Å². The topological polar surface area (TPSA) is 104 Å². The second-order valence-electron chi connectivity index (χ2n) is 12.3. The first-order valence-corrected chi connectivity index (χ1v) is 15.6. The fourth-order valence-corrected chi connectivity index (χ4v) is 8.15. The number of phenols is 1. The molecule has 45 heavy (non-hydrogen) atoms. The smallest absolute Gasteiger partial charge is 0.238 e. The Balaban J connectivity index is 1.34. The maximum absolute atomic E-state index is 14.3. The number of anilines is 2. The molecule has 0 aromatic heterocycles. The number of ether oxygens (including phenoxy) is 1. The lowest BCUT2D eigenvalue weighted by molar-refractivity contribution is -0.126. The molecule has 7 rings (SSSR count). The minimum absolute atomic E-state index is 0.0800. The van der Waals surface area contributed by atoms with Gasteiger partial charge in [-0.05, 0) is 74.1 Å². The van der Waals surface area contributed by atoms with E-state index in [4.69, 9.17) is 27.9 Å². The molecular weight excluding hydrogens is 615 g/mol. The van der Waals surface area contributed by atoms with Crippen molar-refractivity contribution in [2.24, 2.45) is 29.6 Å². The van der Waals surface area contributed by atoms with E-state index in [2.05, 4.69) is 0 Å². The second kappa shape index (κ2) is 10.7. The zero-order valence-electron chi connectivity index (χ0n) is 24.8. The molecule has 0 bridgehead atoms. The average Bonchev–Trinajstić information content (AvgIpc) is 3.42. The van der Waals surface area contributed by atoms with Gasteiger partial charge in [0.1, 0.15) is 11.5 Å². The molecule has 1 saturated carbocycles. The number of allylic oxidation sites excluding steroid dienone is 2. The van der Waals surface area contributed by atoms with Gasteiger partial charge in [-0.3, -0.25) is 19.2 Å². The highest BCUT2D eigenvalue weighted by Gasteiger charge is 2.62. The predicted octanol–water partition coefficient (Wildman–Crippen LogP) is 6.37. The summed E-state index contributed by atoms with van der Waals surface area (Å²) in [5.74, 6) is -5.24. The molecule has 0 radical (unpaired) electrons. The van der Waals surface area contributed by atoms with E-state index in [1.165, 1.54) is 23.0 Å². The second-order valence-corrected chi connectivity index (χ2v) is 13.2. The van der Waals surface area contributed by atoms with Crippen LogP contribution in [0.15, 0.2) is 66.2 Å². The molecule has 8 nitrogen and oxygen atoms in total. The third-order valence-corrected chi connectivity index (χ3v) is 10.9. The van der Waals surface area contributed by atoms with Gasteiger partial charge in [0.15, 0.2) is 0 Å². The molecule has 3 aromatic carbocycles. The Labute approximate surface area is 270 Å². The lowest BCUT2D eigenvalue weighted by Crippen LogP contribution is -2.43. The number of phenolic OH excluding ortho intramolecular Hbond substituents is 1. The highest BCUT2D eigenvalue weighted by Crippen LogP contribution is 2.59. The first-order chi connectivity index (χ1) is 21.5. The van der Waals surface area contributed by atoms with Gasteiger partial charge in [-0.15, -0.1) is 0 Å². The van der Waals surface area contributed by atoms with Crippen molar-refractivity contribution < 1.29 is 29.0 Å². The summed E-state index contributed by atoms with van der Waals surface area (Å²) in [6.45, 7) is 3.68. The number of benzene rings is 3. The van der Waals surface area contributed by atoms with E-state index in [0.29, 0.717) is 39.2 Å². The van der Waals surface area contributed by atoms with Crippen molar-refractivity contribution in [2.75, 3.05) is 16.9 Å². The summed E-state index contributed by atoms with van der Waals surface area (Å²) in [6, 6.07) is 15.0. The molecule has 0 spiro atoms. The van der Waals surface area contributed by atoms with E-state index in [9.17, 15) is 24.3 Å². The van der Waals surface area contributed by atoms with Crippen molar-refractivity contribution in [3.05, 3.63) is 93.0 Å². The van der Waals surface area contributed by atoms with E-state index in [1.54, 1.807) is 48.5 Å². The number of halogens is 2. The average molecular weight is 646 g/mol. The van der Waals surface area contributed by atoms with Gasteiger partial charge < -0.3 is 9.84 Å². The largest absolute Gasteiger partial charge is 0.508 e. The summed E-state index contributed by atoms with van der Waals surface area (Å²) in [6.07, 6.45) is 2.45. The van der Waals surface area contributed by atoms with Gasteiger partial charge in [-0.25, -0.2) is 9.80 Å². The number of aryl methyl sites for hydroxylation is 2. The summed E-state index contributed by atoms with van der Waals surface area (Å²) in [7, 11) is 1.49. The molecule has 230 valence electrons. The number of rotatable bonds is 4. The van der Waals surface area contributed by atoms with Gasteiger partial charge >= 0.3 is 0 Å². The maximum atomic E-state index is 14.3. The molecule has 2 aliphatic heterocycles. The van der Waals surface area contributed by atoms with Crippen molar-refractivity contribution >= 4 is 58.2 Å².